The summed E-state index contributed by atoms with van der Waals surface area (Å²) in [5.41, 5.74) is 2.75. The second-order valence-electron chi connectivity index (χ2n) is 10.1. The SMILES string of the molecule is C[C@@H](C1=CC=CC1=[P+](c1ccccc1)c1ccccc1)N(Cc1ccccc1)P(c1ccccc1)c1ccccc1. The summed E-state index contributed by atoms with van der Waals surface area (Å²) in [6.45, 7) is 3.28. The van der Waals surface area contributed by atoms with Crippen molar-refractivity contribution in [2.24, 2.45) is 0 Å². The molecule has 200 valence electrons. The minimum Gasteiger partial charge on any atom is -0.263 e. The molecule has 0 aliphatic heterocycles. The van der Waals surface area contributed by atoms with Crippen molar-refractivity contribution in [2.45, 2.75) is 19.5 Å². The Morgan fingerprint density at radius 3 is 1.51 bits per heavy atom. The van der Waals surface area contributed by atoms with E-state index >= 15 is 0 Å². The van der Waals surface area contributed by atoms with E-state index in [0.717, 1.165) is 6.54 Å². The third-order valence-electron chi connectivity index (χ3n) is 7.44. The summed E-state index contributed by atoms with van der Waals surface area (Å²) < 4.78 is 2.75. The van der Waals surface area contributed by atoms with Gasteiger partial charge < -0.3 is 0 Å². The zero-order valence-corrected chi connectivity index (χ0v) is 25.1. The summed E-state index contributed by atoms with van der Waals surface area (Å²) in [5.74, 6) is 0. The smallest absolute Gasteiger partial charge is 0.178 e. The maximum Gasteiger partial charge on any atom is 0.178 e. The second kappa shape index (κ2) is 13.2. The number of allylic oxidation sites excluding steroid dienone is 3. The van der Waals surface area contributed by atoms with Crippen LogP contribution in [0, 0.1) is 0 Å². The van der Waals surface area contributed by atoms with Gasteiger partial charge in [-0.3, -0.25) is 4.67 Å². The lowest BCUT2D eigenvalue weighted by atomic mass is 10.1. The standard InChI is InChI=1S/C38H34NP2/c1-31(37-28-17-29-38(37)40(33-20-9-3-10-21-33)34-22-11-4-12-23-34)39(30-32-18-7-2-8-19-32)41(35-24-13-5-14-25-35)36-26-15-6-16-27-36/h2-29,31H,30H2,1H3/q+1/t31-/m0/s1. The van der Waals surface area contributed by atoms with Gasteiger partial charge in [-0.1, -0.05) is 140 Å². The van der Waals surface area contributed by atoms with Gasteiger partial charge in [-0.15, -0.1) is 0 Å². The first kappa shape index (κ1) is 27.3. The van der Waals surface area contributed by atoms with Crippen LogP contribution < -0.4 is 21.2 Å². The van der Waals surface area contributed by atoms with E-state index < -0.39 is 15.6 Å². The van der Waals surface area contributed by atoms with Crippen LogP contribution in [0.15, 0.2) is 175 Å². The summed E-state index contributed by atoms with van der Waals surface area (Å²) >= 11 is 0. The zero-order chi connectivity index (χ0) is 27.9. The maximum atomic E-state index is 2.75. The van der Waals surface area contributed by atoms with Gasteiger partial charge in [0.05, 0.1) is 0 Å². The quantitative estimate of drug-likeness (QED) is 0.165. The van der Waals surface area contributed by atoms with Gasteiger partial charge in [0, 0.05) is 26.2 Å². The molecule has 1 nitrogen and oxygen atoms in total. The summed E-state index contributed by atoms with van der Waals surface area (Å²) in [6.07, 6.45) is 6.99. The minimum atomic E-state index is -0.782. The molecule has 0 N–H and O–H groups in total. The van der Waals surface area contributed by atoms with Crippen molar-refractivity contribution >= 4 is 42.1 Å². The van der Waals surface area contributed by atoms with Gasteiger partial charge in [0.1, 0.15) is 0 Å². The molecule has 0 aromatic heterocycles. The molecule has 0 bridgehead atoms. The van der Waals surface area contributed by atoms with Gasteiger partial charge in [-0.2, -0.15) is 0 Å². The van der Waals surface area contributed by atoms with Crippen LogP contribution in [-0.4, -0.2) is 16.0 Å². The van der Waals surface area contributed by atoms with Gasteiger partial charge in [-0.05, 0) is 53.4 Å². The maximum absolute atomic E-state index is 2.75. The van der Waals surface area contributed by atoms with Crippen molar-refractivity contribution in [1.82, 2.24) is 4.67 Å². The van der Waals surface area contributed by atoms with Crippen LogP contribution in [-0.2, 0) is 6.54 Å². The van der Waals surface area contributed by atoms with Gasteiger partial charge in [0.25, 0.3) is 0 Å². The predicted molar refractivity (Wildman–Crippen MR) is 182 cm³/mol. The molecule has 0 saturated carbocycles. The van der Waals surface area contributed by atoms with Crippen molar-refractivity contribution in [2.75, 3.05) is 0 Å². The largest absolute Gasteiger partial charge is 0.263 e. The lowest BCUT2D eigenvalue weighted by molar-refractivity contribution is 0.406. The fourth-order valence-electron chi connectivity index (χ4n) is 5.46. The third kappa shape index (κ3) is 6.24. The van der Waals surface area contributed by atoms with Gasteiger partial charge in [0.15, 0.2) is 23.4 Å². The first-order chi connectivity index (χ1) is 20.3. The van der Waals surface area contributed by atoms with Crippen LogP contribution in [0.3, 0.4) is 0 Å². The normalized spacial score (nSPS) is 13.4. The van der Waals surface area contributed by atoms with Gasteiger partial charge >= 0.3 is 0 Å². The van der Waals surface area contributed by atoms with Gasteiger partial charge in [0.2, 0.25) is 0 Å². The van der Waals surface area contributed by atoms with E-state index in [1.54, 1.807) is 0 Å². The molecule has 1 aliphatic carbocycles. The van der Waals surface area contributed by atoms with Crippen molar-refractivity contribution in [3.05, 3.63) is 181 Å². The molecule has 1 aliphatic rings. The zero-order valence-electron chi connectivity index (χ0n) is 23.3. The van der Waals surface area contributed by atoms with Crippen molar-refractivity contribution in [3.8, 4) is 0 Å². The molecule has 5 aromatic rings. The van der Waals surface area contributed by atoms with Crippen LogP contribution in [0.2, 0.25) is 0 Å². The molecule has 5 aromatic carbocycles. The summed E-state index contributed by atoms with van der Waals surface area (Å²) in [7, 11) is -1.48. The highest BCUT2D eigenvalue weighted by molar-refractivity contribution is 7.74. The topological polar surface area (TPSA) is 3.24 Å². The van der Waals surface area contributed by atoms with Crippen LogP contribution in [0.4, 0.5) is 0 Å². The monoisotopic (exact) mass is 566 g/mol. The molecular weight excluding hydrogens is 532 g/mol. The number of hydrogen-bond donors (Lipinski definition) is 0. The molecule has 0 unspecified atom stereocenters. The molecule has 0 spiro atoms. The van der Waals surface area contributed by atoms with E-state index in [0.29, 0.717) is 0 Å². The number of hydrogen-bond acceptors (Lipinski definition) is 1. The molecule has 6 rings (SSSR count). The molecule has 3 heteroatoms. The fourth-order valence-corrected chi connectivity index (χ4v) is 10.6. The Bertz CT molecular complexity index is 1560. The van der Waals surface area contributed by atoms with Crippen molar-refractivity contribution < 1.29 is 0 Å². The molecule has 1 atom stereocenters. The van der Waals surface area contributed by atoms with E-state index in [-0.39, 0.29) is 6.04 Å². The first-order valence-corrected chi connectivity index (χ1v) is 16.8. The molecule has 41 heavy (non-hydrogen) atoms. The summed E-state index contributed by atoms with van der Waals surface area (Å²) in [5, 5.41) is 6.96. The molecular formula is C38H34NP2+. The Morgan fingerprint density at radius 1 is 0.585 bits per heavy atom. The van der Waals surface area contributed by atoms with E-state index in [2.05, 4.69) is 181 Å². The average Bonchev–Trinajstić information content (AvgIpc) is 3.52. The van der Waals surface area contributed by atoms with E-state index in [1.807, 2.05) is 0 Å². The Hall–Kier alpha value is -3.86. The lowest BCUT2D eigenvalue weighted by Gasteiger charge is -2.37. The molecule has 0 heterocycles. The summed E-state index contributed by atoms with van der Waals surface area (Å²) in [6, 6.07) is 55.4. The molecule has 0 fully saturated rings. The highest BCUT2D eigenvalue weighted by Gasteiger charge is 2.35. The van der Waals surface area contributed by atoms with Crippen LogP contribution in [0.5, 0.6) is 0 Å². The highest BCUT2D eigenvalue weighted by Crippen LogP contribution is 2.44. The second-order valence-corrected chi connectivity index (χ2v) is 14.5. The first-order valence-electron chi connectivity index (χ1n) is 14.2. The van der Waals surface area contributed by atoms with E-state index in [1.165, 1.54) is 37.6 Å². The molecule has 0 saturated heterocycles. The summed E-state index contributed by atoms with van der Waals surface area (Å²) in [4.78, 5) is 0. The highest BCUT2D eigenvalue weighted by atomic mass is 31.1. The molecule has 0 radical (unpaired) electrons. The minimum absolute atomic E-state index is 0.198. The predicted octanol–water partition coefficient (Wildman–Crippen LogP) is 7.73. The third-order valence-corrected chi connectivity index (χ3v) is 12.5. The van der Waals surface area contributed by atoms with E-state index in [9.17, 15) is 0 Å². The Morgan fingerprint density at radius 2 is 1.02 bits per heavy atom. The van der Waals surface area contributed by atoms with Crippen LogP contribution >= 0.6 is 15.6 Å². The Balaban J connectivity index is 1.50. The lowest BCUT2D eigenvalue weighted by Crippen LogP contribution is -2.37. The van der Waals surface area contributed by atoms with Gasteiger partial charge in [-0.25, -0.2) is 0 Å². The van der Waals surface area contributed by atoms with Crippen molar-refractivity contribution in [1.29, 1.82) is 0 Å². The number of nitrogens with zero attached hydrogens (tertiary/aromatic N) is 1. The molecule has 0 amide bonds. The number of rotatable bonds is 9. The van der Waals surface area contributed by atoms with Crippen LogP contribution in [0.25, 0.3) is 0 Å². The van der Waals surface area contributed by atoms with E-state index in [4.69, 9.17) is 0 Å². The van der Waals surface area contributed by atoms with Crippen molar-refractivity contribution in [3.63, 3.8) is 0 Å². The number of benzene rings is 5. The fraction of sp³-hybridized carbons (Fsp3) is 0.0789. The van der Waals surface area contributed by atoms with Crippen LogP contribution in [0.1, 0.15) is 12.5 Å². The average molecular weight is 567 g/mol. The Kier molecular flexibility index (Phi) is 8.80. The Labute approximate surface area is 246 Å².